The highest BCUT2D eigenvalue weighted by molar-refractivity contribution is 6.02. The fourth-order valence-corrected chi connectivity index (χ4v) is 3.83. The Morgan fingerprint density at radius 1 is 1.21 bits per heavy atom. The molecule has 7 heteroatoms. The van der Waals surface area contributed by atoms with E-state index in [-0.39, 0.29) is 35.7 Å². The van der Waals surface area contributed by atoms with Gasteiger partial charge < -0.3 is 10.1 Å². The molecule has 0 spiro atoms. The van der Waals surface area contributed by atoms with Crippen LogP contribution in [-0.2, 0) is 16.1 Å². The van der Waals surface area contributed by atoms with E-state index < -0.39 is 5.97 Å². The number of hydrogen-bond donors (Lipinski definition) is 1. The molecule has 1 saturated carbocycles. The van der Waals surface area contributed by atoms with Crippen molar-refractivity contribution in [2.45, 2.75) is 59.0 Å². The second-order valence-electron chi connectivity index (χ2n) is 8.29. The van der Waals surface area contributed by atoms with Crippen LogP contribution in [0.15, 0.2) is 29.1 Å². The summed E-state index contributed by atoms with van der Waals surface area (Å²) in [5.41, 5.74) is -0.186. The van der Waals surface area contributed by atoms with Crippen molar-refractivity contribution in [1.82, 2.24) is 15.1 Å². The lowest BCUT2D eigenvalue weighted by atomic mass is 9.86. The molecule has 0 radical (unpaired) electrons. The molecule has 0 aliphatic heterocycles. The van der Waals surface area contributed by atoms with Crippen molar-refractivity contribution in [3.05, 3.63) is 40.3 Å². The number of aromatic nitrogens is 2. The monoisotopic (exact) mass is 399 g/mol. The molecule has 1 aliphatic carbocycles. The predicted molar refractivity (Wildman–Crippen MR) is 111 cm³/mol. The average molecular weight is 399 g/mol. The lowest BCUT2D eigenvalue weighted by Gasteiger charge is -2.29. The Balaban J connectivity index is 1.75. The van der Waals surface area contributed by atoms with Crippen LogP contribution in [0.2, 0.25) is 0 Å². The normalized spacial score (nSPS) is 19.3. The van der Waals surface area contributed by atoms with E-state index in [1.165, 1.54) is 11.1 Å². The van der Waals surface area contributed by atoms with E-state index in [4.69, 9.17) is 4.74 Å². The van der Waals surface area contributed by atoms with Crippen molar-refractivity contribution in [2.75, 3.05) is 6.61 Å². The molecule has 7 nitrogen and oxygen atoms in total. The standard InChI is InChI=1S/C22H29N3O4/c1-14(2)12-25-21(27)17-10-6-5-9-16(17)20(24-25)22(28)29-13-19(26)23-18-11-7-4-8-15(18)3/h5-6,9-10,14-15,18H,4,7-8,11-13H2,1-3H3,(H,23,26)/t15-,18+/m0/s1. The minimum Gasteiger partial charge on any atom is -0.451 e. The number of nitrogens with one attached hydrogen (secondary N) is 1. The molecular weight excluding hydrogens is 370 g/mol. The fourth-order valence-electron chi connectivity index (χ4n) is 3.83. The summed E-state index contributed by atoms with van der Waals surface area (Å²) in [5, 5.41) is 8.06. The van der Waals surface area contributed by atoms with E-state index in [1.807, 2.05) is 13.8 Å². The molecule has 1 aliphatic rings. The highest BCUT2D eigenvalue weighted by atomic mass is 16.5. The van der Waals surface area contributed by atoms with Crippen LogP contribution in [0.3, 0.4) is 0 Å². The fraction of sp³-hybridized carbons (Fsp3) is 0.545. The molecule has 1 N–H and O–H groups in total. The lowest BCUT2D eigenvalue weighted by Crippen LogP contribution is -2.43. The average Bonchev–Trinajstić information content (AvgIpc) is 2.70. The third kappa shape index (κ3) is 5.02. The second-order valence-corrected chi connectivity index (χ2v) is 8.29. The Morgan fingerprint density at radius 3 is 2.59 bits per heavy atom. The summed E-state index contributed by atoms with van der Waals surface area (Å²) in [6, 6.07) is 6.96. The number of carbonyl (C=O) groups excluding carboxylic acids is 2. The number of carbonyl (C=O) groups is 2. The molecule has 1 amide bonds. The quantitative estimate of drug-likeness (QED) is 0.755. The van der Waals surface area contributed by atoms with Gasteiger partial charge in [0.2, 0.25) is 0 Å². The van der Waals surface area contributed by atoms with Crippen LogP contribution in [0.25, 0.3) is 10.8 Å². The molecule has 3 rings (SSSR count). The molecule has 29 heavy (non-hydrogen) atoms. The van der Waals surface area contributed by atoms with Gasteiger partial charge in [0.15, 0.2) is 12.3 Å². The van der Waals surface area contributed by atoms with Crippen LogP contribution >= 0.6 is 0 Å². The summed E-state index contributed by atoms with van der Waals surface area (Å²) in [6.07, 6.45) is 4.33. The van der Waals surface area contributed by atoms with Crippen molar-refractivity contribution < 1.29 is 14.3 Å². The van der Waals surface area contributed by atoms with Gasteiger partial charge in [-0.2, -0.15) is 5.10 Å². The molecule has 0 bridgehead atoms. The predicted octanol–water partition coefficient (Wildman–Crippen LogP) is 2.90. The van der Waals surface area contributed by atoms with Gasteiger partial charge in [-0.1, -0.05) is 51.8 Å². The molecule has 0 unspecified atom stereocenters. The molecule has 1 aromatic heterocycles. The Hall–Kier alpha value is -2.70. The molecule has 2 atom stereocenters. The molecule has 1 heterocycles. The maximum atomic E-state index is 12.7. The van der Waals surface area contributed by atoms with Crippen molar-refractivity contribution in [2.24, 2.45) is 11.8 Å². The van der Waals surface area contributed by atoms with Gasteiger partial charge >= 0.3 is 5.97 Å². The third-order valence-corrected chi connectivity index (χ3v) is 5.39. The van der Waals surface area contributed by atoms with E-state index in [1.54, 1.807) is 24.3 Å². The second kappa shape index (κ2) is 9.20. The van der Waals surface area contributed by atoms with Crippen LogP contribution in [-0.4, -0.2) is 34.3 Å². The van der Waals surface area contributed by atoms with Gasteiger partial charge in [0.25, 0.3) is 11.5 Å². The first kappa shape index (κ1) is 21.0. The highest BCUT2D eigenvalue weighted by Gasteiger charge is 2.24. The minimum absolute atomic E-state index is 0.0553. The number of esters is 1. The molecular formula is C22H29N3O4. The zero-order chi connectivity index (χ0) is 21.0. The summed E-state index contributed by atoms with van der Waals surface area (Å²) in [7, 11) is 0. The van der Waals surface area contributed by atoms with E-state index in [0.717, 1.165) is 19.3 Å². The summed E-state index contributed by atoms with van der Waals surface area (Å²) < 4.78 is 6.54. The van der Waals surface area contributed by atoms with Crippen molar-refractivity contribution in [3.63, 3.8) is 0 Å². The summed E-state index contributed by atoms with van der Waals surface area (Å²) in [6.45, 7) is 6.10. The topological polar surface area (TPSA) is 90.3 Å². The number of ether oxygens (including phenoxy) is 1. The van der Waals surface area contributed by atoms with Crippen LogP contribution in [0.4, 0.5) is 0 Å². The minimum atomic E-state index is -0.703. The largest absolute Gasteiger partial charge is 0.451 e. The molecule has 2 aromatic rings. The van der Waals surface area contributed by atoms with Gasteiger partial charge in [0, 0.05) is 18.0 Å². The number of benzene rings is 1. The first-order valence-corrected chi connectivity index (χ1v) is 10.3. The molecule has 0 saturated heterocycles. The number of fused-ring (bicyclic) bond motifs is 1. The summed E-state index contributed by atoms with van der Waals surface area (Å²) in [5.74, 6) is -0.399. The Morgan fingerprint density at radius 2 is 1.90 bits per heavy atom. The lowest BCUT2D eigenvalue weighted by molar-refractivity contribution is -0.125. The maximum Gasteiger partial charge on any atom is 0.359 e. The van der Waals surface area contributed by atoms with Crippen molar-refractivity contribution in [3.8, 4) is 0 Å². The van der Waals surface area contributed by atoms with Crippen molar-refractivity contribution >= 4 is 22.6 Å². The Kier molecular flexibility index (Phi) is 6.67. The van der Waals surface area contributed by atoms with Gasteiger partial charge in [-0.25, -0.2) is 9.48 Å². The van der Waals surface area contributed by atoms with Gasteiger partial charge in [0.05, 0.1) is 5.39 Å². The smallest absolute Gasteiger partial charge is 0.359 e. The highest BCUT2D eigenvalue weighted by Crippen LogP contribution is 2.23. The van der Waals surface area contributed by atoms with E-state index in [0.29, 0.717) is 23.2 Å². The Labute approximate surface area is 170 Å². The van der Waals surface area contributed by atoms with Crippen LogP contribution < -0.4 is 10.9 Å². The zero-order valence-electron chi connectivity index (χ0n) is 17.3. The van der Waals surface area contributed by atoms with Gasteiger partial charge in [0.1, 0.15) is 0 Å². The number of hydrogen-bond acceptors (Lipinski definition) is 5. The van der Waals surface area contributed by atoms with Crippen molar-refractivity contribution in [1.29, 1.82) is 0 Å². The SMILES string of the molecule is CC(C)Cn1nc(C(=O)OCC(=O)N[C@@H]2CCCC[C@@H]2C)c2ccccc2c1=O. The first-order valence-electron chi connectivity index (χ1n) is 10.3. The van der Waals surface area contributed by atoms with E-state index >= 15 is 0 Å². The Bertz CT molecular complexity index is 951. The van der Waals surface area contributed by atoms with Crippen LogP contribution in [0.5, 0.6) is 0 Å². The number of nitrogens with zero attached hydrogens (tertiary/aromatic N) is 2. The summed E-state index contributed by atoms with van der Waals surface area (Å²) >= 11 is 0. The zero-order valence-corrected chi connectivity index (χ0v) is 17.3. The molecule has 1 aromatic carbocycles. The van der Waals surface area contributed by atoms with Gasteiger partial charge in [-0.3, -0.25) is 9.59 Å². The maximum absolute atomic E-state index is 12.7. The number of amides is 1. The van der Waals surface area contributed by atoms with Gasteiger partial charge in [-0.15, -0.1) is 0 Å². The third-order valence-electron chi connectivity index (χ3n) is 5.39. The first-order chi connectivity index (χ1) is 13.9. The molecule has 156 valence electrons. The van der Waals surface area contributed by atoms with Gasteiger partial charge in [-0.05, 0) is 30.7 Å². The number of rotatable bonds is 6. The van der Waals surface area contributed by atoms with E-state index in [2.05, 4.69) is 17.3 Å². The van der Waals surface area contributed by atoms with E-state index in [9.17, 15) is 14.4 Å². The summed E-state index contributed by atoms with van der Waals surface area (Å²) in [4.78, 5) is 37.6. The van der Waals surface area contributed by atoms with Crippen LogP contribution in [0, 0.1) is 11.8 Å². The molecule has 1 fully saturated rings. The van der Waals surface area contributed by atoms with Crippen LogP contribution in [0.1, 0.15) is 56.9 Å².